The first-order valence-electron chi connectivity index (χ1n) is 7.27. The molecule has 0 amide bonds. The van der Waals surface area contributed by atoms with E-state index < -0.39 is 0 Å². The predicted octanol–water partition coefficient (Wildman–Crippen LogP) is 3.64. The Hall–Kier alpha value is -2.82. The molecule has 0 atom stereocenters. The SMILES string of the molecule is COC(=O)c1ccc2nc(-c3cc(C)cc(C)c3OC)[nH]c2c1. The highest BCUT2D eigenvalue weighted by atomic mass is 16.5. The first-order chi connectivity index (χ1) is 11.0. The van der Waals surface area contributed by atoms with E-state index in [1.807, 2.05) is 19.9 Å². The summed E-state index contributed by atoms with van der Waals surface area (Å²) in [6, 6.07) is 9.35. The number of nitrogens with zero attached hydrogens (tertiary/aromatic N) is 1. The van der Waals surface area contributed by atoms with Gasteiger partial charge in [-0.15, -0.1) is 0 Å². The lowest BCUT2D eigenvalue weighted by atomic mass is 10.1. The largest absolute Gasteiger partial charge is 0.496 e. The zero-order valence-corrected chi connectivity index (χ0v) is 13.6. The number of benzene rings is 2. The van der Waals surface area contributed by atoms with Crippen LogP contribution < -0.4 is 4.74 Å². The Bertz CT molecular complexity index is 897. The van der Waals surface area contributed by atoms with E-state index in [1.54, 1.807) is 25.3 Å². The van der Waals surface area contributed by atoms with Crippen LogP contribution in [0.3, 0.4) is 0 Å². The quantitative estimate of drug-likeness (QED) is 0.750. The minimum absolute atomic E-state index is 0.368. The smallest absolute Gasteiger partial charge is 0.337 e. The Labute approximate surface area is 134 Å². The highest BCUT2D eigenvalue weighted by molar-refractivity contribution is 5.94. The Balaban J connectivity index is 2.16. The molecule has 0 spiro atoms. The fourth-order valence-electron chi connectivity index (χ4n) is 2.78. The molecule has 1 heterocycles. The highest BCUT2D eigenvalue weighted by Gasteiger charge is 2.15. The van der Waals surface area contributed by atoms with Gasteiger partial charge in [-0.2, -0.15) is 0 Å². The average Bonchev–Trinajstić information content (AvgIpc) is 2.96. The van der Waals surface area contributed by atoms with E-state index >= 15 is 0 Å². The van der Waals surface area contributed by atoms with Crippen LogP contribution in [0.25, 0.3) is 22.4 Å². The van der Waals surface area contributed by atoms with Crippen molar-refractivity contribution in [3.8, 4) is 17.1 Å². The number of hydrogen-bond acceptors (Lipinski definition) is 4. The molecular formula is C18H18N2O3. The first-order valence-corrected chi connectivity index (χ1v) is 7.27. The van der Waals surface area contributed by atoms with Gasteiger partial charge in [-0.1, -0.05) is 6.07 Å². The number of H-pyrrole nitrogens is 1. The lowest BCUT2D eigenvalue weighted by Crippen LogP contribution is -2.00. The maximum atomic E-state index is 11.6. The van der Waals surface area contributed by atoms with Crippen LogP contribution in [0.1, 0.15) is 21.5 Å². The van der Waals surface area contributed by atoms with Crippen molar-refractivity contribution in [3.05, 3.63) is 47.0 Å². The molecule has 0 bridgehead atoms. The van der Waals surface area contributed by atoms with E-state index in [2.05, 4.69) is 16.0 Å². The van der Waals surface area contributed by atoms with Crippen molar-refractivity contribution in [1.82, 2.24) is 9.97 Å². The maximum Gasteiger partial charge on any atom is 0.337 e. The van der Waals surface area contributed by atoms with Gasteiger partial charge in [0.05, 0.1) is 36.4 Å². The number of aromatic nitrogens is 2. The fraction of sp³-hybridized carbons (Fsp3) is 0.222. The molecule has 5 heteroatoms. The van der Waals surface area contributed by atoms with Crippen LogP contribution in [-0.4, -0.2) is 30.2 Å². The number of imidazole rings is 1. The number of hydrogen-bond donors (Lipinski definition) is 1. The molecule has 2 aromatic carbocycles. The van der Waals surface area contributed by atoms with Gasteiger partial charge in [0.15, 0.2) is 0 Å². The standard InChI is InChI=1S/C18H18N2O3/c1-10-7-11(2)16(22-3)13(8-10)17-19-14-6-5-12(18(21)23-4)9-15(14)20-17/h5-9H,1-4H3,(H,19,20). The summed E-state index contributed by atoms with van der Waals surface area (Å²) < 4.78 is 10.3. The molecule has 5 nitrogen and oxygen atoms in total. The van der Waals surface area contributed by atoms with Crippen molar-refractivity contribution in [3.63, 3.8) is 0 Å². The zero-order valence-electron chi connectivity index (χ0n) is 13.6. The van der Waals surface area contributed by atoms with E-state index in [9.17, 15) is 4.79 Å². The number of fused-ring (bicyclic) bond motifs is 1. The summed E-state index contributed by atoms with van der Waals surface area (Å²) in [5, 5.41) is 0. The van der Waals surface area contributed by atoms with Gasteiger partial charge in [0.1, 0.15) is 11.6 Å². The van der Waals surface area contributed by atoms with Crippen LogP contribution in [0.15, 0.2) is 30.3 Å². The molecule has 0 saturated carbocycles. The molecule has 0 unspecified atom stereocenters. The Kier molecular flexibility index (Phi) is 3.78. The van der Waals surface area contributed by atoms with E-state index in [0.29, 0.717) is 11.4 Å². The number of ether oxygens (including phenoxy) is 2. The molecule has 1 N–H and O–H groups in total. The van der Waals surface area contributed by atoms with Crippen LogP contribution in [0.5, 0.6) is 5.75 Å². The summed E-state index contributed by atoms with van der Waals surface area (Å²) in [6.45, 7) is 4.04. The van der Waals surface area contributed by atoms with E-state index in [1.165, 1.54) is 7.11 Å². The molecule has 1 aromatic heterocycles. The molecule has 3 aromatic rings. The fourth-order valence-corrected chi connectivity index (χ4v) is 2.78. The number of methoxy groups -OCH3 is 2. The number of carbonyl (C=O) groups excluding carboxylic acids is 1. The summed E-state index contributed by atoms with van der Waals surface area (Å²) in [5.41, 5.74) is 5.15. The third kappa shape index (κ3) is 2.65. The number of nitrogens with one attached hydrogen (secondary N) is 1. The lowest BCUT2D eigenvalue weighted by Gasteiger charge is -2.10. The number of esters is 1. The second-order valence-corrected chi connectivity index (χ2v) is 5.47. The normalized spacial score (nSPS) is 10.8. The number of carbonyl (C=O) groups is 1. The van der Waals surface area contributed by atoms with Gasteiger partial charge in [-0.25, -0.2) is 9.78 Å². The van der Waals surface area contributed by atoms with E-state index in [-0.39, 0.29) is 5.97 Å². The lowest BCUT2D eigenvalue weighted by molar-refractivity contribution is 0.0601. The second kappa shape index (κ2) is 5.76. The zero-order chi connectivity index (χ0) is 16.6. The summed E-state index contributed by atoms with van der Waals surface area (Å²) in [4.78, 5) is 19.5. The average molecular weight is 310 g/mol. The third-order valence-electron chi connectivity index (χ3n) is 3.78. The molecular weight excluding hydrogens is 292 g/mol. The van der Waals surface area contributed by atoms with E-state index in [0.717, 1.165) is 33.5 Å². The van der Waals surface area contributed by atoms with Gasteiger partial charge < -0.3 is 14.5 Å². The predicted molar refractivity (Wildman–Crippen MR) is 88.9 cm³/mol. The van der Waals surface area contributed by atoms with Crippen molar-refractivity contribution >= 4 is 17.0 Å². The van der Waals surface area contributed by atoms with Gasteiger partial charge in [-0.05, 0) is 49.2 Å². The summed E-state index contributed by atoms with van der Waals surface area (Å²) >= 11 is 0. The number of aromatic amines is 1. The number of aryl methyl sites for hydroxylation is 2. The molecule has 0 aliphatic carbocycles. The van der Waals surface area contributed by atoms with Crippen LogP contribution in [0.2, 0.25) is 0 Å². The minimum Gasteiger partial charge on any atom is -0.496 e. The molecule has 118 valence electrons. The van der Waals surface area contributed by atoms with Gasteiger partial charge in [0, 0.05) is 0 Å². The van der Waals surface area contributed by atoms with Crippen molar-refractivity contribution < 1.29 is 14.3 Å². The molecule has 0 aliphatic heterocycles. The van der Waals surface area contributed by atoms with Crippen molar-refractivity contribution in [1.29, 1.82) is 0 Å². The highest BCUT2D eigenvalue weighted by Crippen LogP contribution is 2.33. The molecule has 23 heavy (non-hydrogen) atoms. The van der Waals surface area contributed by atoms with Crippen LogP contribution in [0.4, 0.5) is 0 Å². The monoisotopic (exact) mass is 310 g/mol. The number of rotatable bonds is 3. The van der Waals surface area contributed by atoms with Crippen LogP contribution >= 0.6 is 0 Å². The van der Waals surface area contributed by atoms with Crippen molar-refractivity contribution in [2.45, 2.75) is 13.8 Å². The first kappa shape index (κ1) is 15.1. The van der Waals surface area contributed by atoms with Gasteiger partial charge in [0.25, 0.3) is 0 Å². The Morgan fingerprint density at radius 1 is 1.13 bits per heavy atom. The molecule has 0 radical (unpaired) electrons. The molecule has 0 saturated heterocycles. The summed E-state index contributed by atoms with van der Waals surface area (Å²) in [7, 11) is 3.02. The van der Waals surface area contributed by atoms with Gasteiger partial charge in [0.2, 0.25) is 0 Å². The molecule has 0 fully saturated rings. The van der Waals surface area contributed by atoms with E-state index in [4.69, 9.17) is 9.47 Å². The topological polar surface area (TPSA) is 64.2 Å². The van der Waals surface area contributed by atoms with Crippen molar-refractivity contribution in [2.24, 2.45) is 0 Å². The summed E-state index contributed by atoms with van der Waals surface area (Å²) in [5.74, 6) is 1.14. The minimum atomic E-state index is -0.368. The van der Waals surface area contributed by atoms with Crippen LogP contribution in [-0.2, 0) is 4.74 Å². The Morgan fingerprint density at radius 3 is 2.61 bits per heavy atom. The van der Waals surface area contributed by atoms with Gasteiger partial charge in [-0.3, -0.25) is 0 Å². The van der Waals surface area contributed by atoms with Crippen LogP contribution in [0, 0.1) is 13.8 Å². The van der Waals surface area contributed by atoms with Gasteiger partial charge >= 0.3 is 5.97 Å². The molecule has 0 aliphatic rings. The third-order valence-corrected chi connectivity index (χ3v) is 3.78. The molecule has 3 rings (SSSR count). The summed E-state index contributed by atoms with van der Waals surface area (Å²) in [6.07, 6.45) is 0. The van der Waals surface area contributed by atoms with Crippen molar-refractivity contribution in [2.75, 3.05) is 14.2 Å². The maximum absolute atomic E-state index is 11.6. The second-order valence-electron chi connectivity index (χ2n) is 5.47. The Morgan fingerprint density at radius 2 is 1.91 bits per heavy atom.